The largest absolute Gasteiger partial charge is 0.401 e. The average molecular weight is 476 g/mol. The number of amides is 1. The summed E-state index contributed by atoms with van der Waals surface area (Å²) in [5.74, 6) is 0.245. The van der Waals surface area contributed by atoms with Crippen LogP contribution in [0.1, 0.15) is 25.8 Å². The lowest BCUT2D eigenvalue weighted by molar-refractivity contribution is -0.131. The molecule has 0 spiro atoms. The second-order valence-corrected chi connectivity index (χ2v) is 7.52. The standard InChI is InChI=1S/C21H29ClF3N5O2/c1-5-20(27,21(24,25)12-32-11-13(3)26)16-9-15(7-8-18(16)23)29-19(31)14(4)17(22)10-30(28)6-2/h7-10H,3-6,11-12,26-28H2,1-2H3,(H,29,31)/b17-10+/t20-/m1/s1. The van der Waals surface area contributed by atoms with Crippen LogP contribution in [-0.2, 0) is 15.1 Å². The Kier molecular flexibility index (Phi) is 9.77. The van der Waals surface area contributed by atoms with Crippen LogP contribution in [0.25, 0.3) is 0 Å². The molecule has 1 amide bonds. The van der Waals surface area contributed by atoms with Gasteiger partial charge in [0.05, 0.1) is 17.2 Å². The maximum Gasteiger partial charge on any atom is 0.292 e. The first-order chi connectivity index (χ1) is 14.8. The van der Waals surface area contributed by atoms with Gasteiger partial charge in [-0.15, -0.1) is 0 Å². The number of benzene rings is 1. The first-order valence-electron chi connectivity index (χ1n) is 9.66. The Morgan fingerprint density at radius 3 is 2.50 bits per heavy atom. The minimum absolute atomic E-state index is 0.0208. The number of nitrogens with zero attached hydrogens (tertiary/aromatic N) is 1. The van der Waals surface area contributed by atoms with Crippen molar-refractivity contribution >= 4 is 23.2 Å². The van der Waals surface area contributed by atoms with Crippen molar-refractivity contribution in [1.82, 2.24) is 5.01 Å². The van der Waals surface area contributed by atoms with E-state index in [0.717, 1.165) is 12.1 Å². The molecule has 7 N–H and O–H groups in total. The van der Waals surface area contributed by atoms with E-state index in [1.54, 1.807) is 6.92 Å². The lowest BCUT2D eigenvalue weighted by Gasteiger charge is -2.37. The van der Waals surface area contributed by atoms with Crippen LogP contribution in [0.2, 0.25) is 0 Å². The smallest absolute Gasteiger partial charge is 0.292 e. The van der Waals surface area contributed by atoms with Crippen LogP contribution in [0, 0.1) is 5.82 Å². The van der Waals surface area contributed by atoms with Gasteiger partial charge in [0.1, 0.15) is 18.0 Å². The first-order valence-corrected chi connectivity index (χ1v) is 10.0. The van der Waals surface area contributed by atoms with E-state index in [4.69, 9.17) is 33.6 Å². The zero-order valence-electron chi connectivity index (χ0n) is 18.1. The minimum Gasteiger partial charge on any atom is -0.401 e. The fourth-order valence-electron chi connectivity index (χ4n) is 2.66. The van der Waals surface area contributed by atoms with Crippen molar-refractivity contribution in [3.63, 3.8) is 0 Å². The quantitative estimate of drug-likeness (QED) is 0.159. The Hall–Kier alpha value is -2.53. The van der Waals surface area contributed by atoms with Crippen molar-refractivity contribution in [1.29, 1.82) is 0 Å². The number of alkyl halides is 2. The number of carbonyl (C=O) groups excluding carboxylic acids is 1. The Bertz CT molecular complexity index is 894. The molecule has 178 valence electrons. The summed E-state index contributed by atoms with van der Waals surface area (Å²) in [6.45, 7) is 9.12. The molecule has 0 unspecified atom stereocenters. The molecule has 1 aromatic carbocycles. The summed E-state index contributed by atoms with van der Waals surface area (Å²) in [4.78, 5) is 12.4. The minimum atomic E-state index is -3.67. The number of halogens is 4. The fourth-order valence-corrected chi connectivity index (χ4v) is 2.87. The van der Waals surface area contributed by atoms with Gasteiger partial charge in [-0.1, -0.05) is 31.7 Å². The normalized spacial score (nSPS) is 13.9. The van der Waals surface area contributed by atoms with Gasteiger partial charge in [-0.05, 0) is 31.5 Å². The molecule has 0 radical (unpaired) electrons. The Balaban J connectivity index is 3.19. The monoisotopic (exact) mass is 475 g/mol. The predicted molar refractivity (Wildman–Crippen MR) is 120 cm³/mol. The third kappa shape index (κ3) is 6.73. The van der Waals surface area contributed by atoms with Crippen molar-refractivity contribution < 1.29 is 22.7 Å². The summed E-state index contributed by atoms with van der Waals surface area (Å²) >= 11 is 6.02. The van der Waals surface area contributed by atoms with E-state index in [2.05, 4.69) is 18.5 Å². The van der Waals surface area contributed by atoms with E-state index in [0.29, 0.717) is 6.54 Å². The average Bonchev–Trinajstić information content (AvgIpc) is 2.72. The SMILES string of the molecule is C=C(N)COCC(F)(F)[C@@](N)(CC)c1cc(NC(=O)C(=C)/C(Cl)=C\N(N)CC)ccc1F. The highest BCUT2D eigenvalue weighted by molar-refractivity contribution is 6.35. The molecule has 0 saturated carbocycles. The Labute approximate surface area is 190 Å². The van der Waals surface area contributed by atoms with Gasteiger partial charge in [0.2, 0.25) is 0 Å². The second-order valence-electron chi connectivity index (χ2n) is 7.12. The molecule has 7 nitrogen and oxygen atoms in total. The molecule has 1 atom stereocenters. The summed E-state index contributed by atoms with van der Waals surface area (Å²) in [6.07, 6.45) is 0.976. The molecule has 1 rings (SSSR count). The molecular weight excluding hydrogens is 447 g/mol. The third-order valence-corrected chi connectivity index (χ3v) is 5.02. The Morgan fingerprint density at radius 2 is 1.97 bits per heavy atom. The van der Waals surface area contributed by atoms with Gasteiger partial charge in [-0.3, -0.25) is 4.79 Å². The predicted octanol–water partition coefficient (Wildman–Crippen LogP) is 3.28. The molecule has 1 aromatic rings. The molecule has 0 fully saturated rings. The van der Waals surface area contributed by atoms with E-state index in [1.807, 2.05) is 0 Å². The van der Waals surface area contributed by atoms with Crippen LogP contribution in [0.3, 0.4) is 0 Å². The number of hydrazine groups is 1. The van der Waals surface area contributed by atoms with Gasteiger partial charge < -0.3 is 26.5 Å². The number of rotatable bonds is 12. The molecular formula is C21H29ClF3N5O2. The molecule has 0 aliphatic heterocycles. The maximum atomic E-state index is 14.9. The highest BCUT2D eigenvalue weighted by atomic mass is 35.5. The van der Waals surface area contributed by atoms with E-state index >= 15 is 0 Å². The molecule has 0 heterocycles. The topological polar surface area (TPSA) is 120 Å². The summed E-state index contributed by atoms with van der Waals surface area (Å²) in [5.41, 5.74) is 8.33. The fraction of sp³-hybridized carbons (Fsp3) is 0.381. The number of hydrogen-bond acceptors (Lipinski definition) is 6. The van der Waals surface area contributed by atoms with Gasteiger partial charge in [-0.2, -0.15) is 0 Å². The van der Waals surface area contributed by atoms with Crippen molar-refractivity contribution in [2.24, 2.45) is 17.3 Å². The number of nitrogens with one attached hydrogen (secondary N) is 1. The Morgan fingerprint density at radius 1 is 1.34 bits per heavy atom. The summed E-state index contributed by atoms with van der Waals surface area (Å²) in [5, 5.41) is 3.65. The van der Waals surface area contributed by atoms with Crippen LogP contribution in [0.4, 0.5) is 18.9 Å². The highest BCUT2D eigenvalue weighted by Crippen LogP contribution is 2.40. The lowest BCUT2D eigenvalue weighted by Crippen LogP contribution is -2.55. The number of carbonyl (C=O) groups is 1. The number of nitrogens with two attached hydrogens (primary N) is 3. The van der Waals surface area contributed by atoms with Crippen LogP contribution in [-0.4, -0.2) is 36.6 Å². The highest BCUT2D eigenvalue weighted by Gasteiger charge is 2.52. The van der Waals surface area contributed by atoms with Crippen molar-refractivity contribution in [2.75, 3.05) is 25.1 Å². The summed E-state index contributed by atoms with van der Waals surface area (Å²) in [6, 6.07) is 3.17. The molecule has 32 heavy (non-hydrogen) atoms. The number of anilines is 1. The second kappa shape index (κ2) is 11.4. The zero-order chi connectivity index (χ0) is 24.7. The molecule has 0 saturated heterocycles. The van der Waals surface area contributed by atoms with Gasteiger partial charge in [0.15, 0.2) is 0 Å². The first kappa shape index (κ1) is 27.5. The van der Waals surface area contributed by atoms with Crippen molar-refractivity contribution in [2.45, 2.75) is 31.7 Å². The van der Waals surface area contributed by atoms with E-state index in [9.17, 15) is 18.0 Å². The lowest BCUT2D eigenvalue weighted by atomic mass is 9.81. The third-order valence-electron chi connectivity index (χ3n) is 4.69. The van der Waals surface area contributed by atoms with Gasteiger partial charge in [0, 0.05) is 29.7 Å². The molecule has 0 aliphatic rings. The van der Waals surface area contributed by atoms with Gasteiger partial charge >= 0.3 is 0 Å². The van der Waals surface area contributed by atoms with Crippen LogP contribution >= 0.6 is 11.6 Å². The van der Waals surface area contributed by atoms with Crippen LogP contribution < -0.4 is 22.6 Å². The molecule has 0 aliphatic carbocycles. The van der Waals surface area contributed by atoms with E-state index in [1.165, 1.54) is 24.2 Å². The van der Waals surface area contributed by atoms with Gasteiger partial charge in [0.25, 0.3) is 11.8 Å². The summed E-state index contributed by atoms with van der Waals surface area (Å²) < 4.78 is 49.3. The molecule has 11 heteroatoms. The van der Waals surface area contributed by atoms with Crippen molar-refractivity contribution in [3.8, 4) is 0 Å². The zero-order valence-corrected chi connectivity index (χ0v) is 18.8. The number of hydrogen-bond donors (Lipinski definition) is 4. The van der Waals surface area contributed by atoms with Crippen LogP contribution in [0.5, 0.6) is 0 Å². The van der Waals surface area contributed by atoms with Crippen LogP contribution in [0.15, 0.2) is 53.9 Å². The number of ether oxygens (including phenoxy) is 1. The van der Waals surface area contributed by atoms with E-state index in [-0.39, 0.29) is 35.0 Å². The summed E-state index contributed by atoms with van der Waals surface area (Å²) in [7, 11) is 0. The van der Waals surface area contributed by atoms with Crippen molar-refractivity contribution in [3.05, 3.63) is 65.2 Å². The van der Waals surface area contributed by atoms with Gasteiger partial charge in [-0.25, -0.2) is 19.0 Å². The maximum absolute atomic E-state index is 14.9. The molecule has 0 bridgehead atoms. The molecule has 0 aromatic heterocycles. The van der Waals surface area contributed by atoms with E-state index < -0.39 is 35.4 Å².